The van der Waals surface area contributed by atoms with Gasteiger partial charge >= 0.3 is 6.01 Å². The first-order chi connectivity index (χ1) is 17.2. The van der Waals surface area contributed by atoms with E-state index >= 15 is 0 Å². The summed E-state index contributed by atoms with van der Waals surface area (Å²) in [6.45, 7) is 5.29. The van der Waals surface area contributed by atoms with Gasteiger partial charge in [-0.2, -0.15) is 4.98 Å². The maximum atomic E-state index is 14.4. The summed E-state index contributed by atoms with van der Waals surface area (Å²) in [5.74, 6) is -0.404. The Kier molecular flexibility index (Phi) is 6.87. The number of benzene rings is 1. The Bertz CT molecular complexity index is 1080. The van der Waals surface area contributed by atoms with Crippen molar-refractivity contribution in [2.24, 2.45) is 17.8 Å². The lowest BCUT2D eigenvalue weighted by Crippen LogP contribution is -2.58. The van der Waals surface area contributed by atoms with Crippen molar-refractivity contribution in [2.45, 2.75) is 57.8 Å². The van der Waals surface area contributed by atoms with Crippen LogP contribution in [0.1, 0.15) is 56.8 Å². The van der Waals surface area contributed by atoms with Crippen molar-refractivity contribution >= 4 is 11.9 Å². The zero-order valence-corrected chi connectivity index (χ0v) is 20.8. The van der Waals surface area contributed by atoms with Crippen LogP contribution in [0.2, 0.25) is 0 Å². The van der Waals surface area contributed by atoms with Gasteiger partial charge in [-0.05, 0) is 55.1 Å². The molecule has 2 aliphatic heterocycles. The summed E-state index contributed by atoms with van der Waals surface area (Å²) >= 11 is 0. The molecule has 1 aliphatic carbocycles. The quantitative estimate of drug-likeness (QED) is 0.492. The summed E-state index contributed by atoms with van der Waals surface area (Å²) in [5, 5.41) is 4.06. The monoisotopic (exact) mass is 506 g/mol. The molecule has 10 heteroatoms. The highest BCUT2D eigenvalue weighted by Crippen LogP contribution is 2.50. The van der Waals surface area contributed by atoms with E-state index in [2.05, 4.69) is 28.9 Å². The van der Waals surface area contributed by atoms with Gasteiger partial charge in [-0.3, -0.25) is 4.79 Å². The summed E-state index contributed by atoms with van der Waals surface area (Å²) in [4.78, 5) is 19.8. The fourth-order valence-corrected chi connectivity index (χ4v) is 5.34. The van der Waals surface area contributed by atoms with Gasteiger partial charge in [0.25, 0.3) is 5.92 Å². The molecule has 1 amide bonds. The molecule has 0 spiro atoms. The van der Waals surface area contributed by atoms with E-state index in [0.717, 1.165) is 43.1 Å². The van der Waals surface area contributed by atoms with Crippen LogP contribution in [0.5, 0.6) is 5.75 Å². The molecule has 1 saturated carbocycles. The molecular formula is C26H33F3N4O3. The number of anilines is 1. The maximum absolute atomic E-state index is 14.4. The van der Waals surface area contributed by atoms with Crippen LogP contribution in [0.4, 0.5) is 19.2 Å². The smallest absolute Gasteiger partial charge is 0.324 e. The SMILES string of the molecule is CC(C)c1noc(N2CCC(C3C[C@H]3CCOc3ccc(CC(=O)N4CC(F)(F)C4)c(F)c3)CC2)n1. The predicted octanol–water partition coefficient (Wildman–Crippen LogP) is 4.67. The first-order valence-electron chi connectivity index (χ1n) is 12.8. The van der Waals surface area contributed by atoms with Crippen molar-refractivity contribution in [2.75, 3.05) is 37.7 Å². The predicted molar refractivity (Wildman–Crippen MR) is 127 cm³/mol. The summed E-state index contributed by atoms with van der Waals surface area (Å²) in [5.41, 5.74) is 0.192. The third-order valence-electron chi connectivity index (χ3n) is 7.66. The molecule has 5 rings (SSSR count). The summed E-state index contributed by atoms with van der Waals surface area (Å²) in [7, 11) is 0. The summed E-state index contributed by atoms with van der Waals surface area (Å²) in [6, 6.07) is 5.04. The average Bonchev–Trinajstić information content (AvgIpc) is 3.41. The molecule has 0 radical (unpaired) electrons. The zero-order chi connectivity index (χ0) is 25.4. The molecule has 196 valence electrons. The normalized spacial score (nSPS) is 23.6. The van der Waals surface area contributed by atoms with Crippen LogP contribution in [-0.2, 0) is 11.2 Å². The Labute approximate surface area is 209 Å². The number of alkyl halides is 2. The number of amides is 1. The first kappa shape index (κ1) is 24.9. The lowest BCUT2D eigenvalue weighted by Gasteiger charge is -2.38. The van der Waals surface area contributed by atoms with E-state index in [1.807, 2.05) is 0 Å². The van der Waals surface area contributed by atoms with Crippen LogP contribution in [0.3, 0.4) is 0 Å². The lowest BCUT2D eigenvalue weighted by molar-refractivity contribution is -0.165. The van der Waals surface area contributed by atoms with Crippen LogP contribution in [0.15, 0.2) is 22.7 Å². The van der Waals surface area contributed by atoms with E-state index in [1.54, 1.807) is 6.07 Å². The molecule has 0 bridgehead atoms. The molecule has 7 nitrogen and oxygen atoms in total. The Balaban J connectivity index is 1.01. The van der Waals surface area contributed by atoms with E-state index in [1.165, 1.54) is 18.6 Å². The van der Waals surface area contributed by atoms with Crippen LogP contribution >= 0.6 is 0 Å². The second-order valence-corrected chi connectivity index (χ2v) is 10.7. The average molecular weight is 507 g/mol. The Morgan fingerprint density at radius 1 is 1.25 bits per heavy atom. The number of hydrogen-bond acceptors (Lipinski definition) is 6. The fourth-order valence-electron chi connectivity index (χ4n) is 5.34. The minimum atomic E-state index is -2.82. The van der Waals surface area contributed by atoms with Crippen molar-refractivity contribution in [1.82, 2.24) is 15.0 Å². The van der Waals surface area contributed by atoms with E-state index in [0.29, 0.717) is 36.1 Å². The van der Waals surface area contributed by atoms with Crippen LogP contribution in [0, 0.1) is 23.6 Å². The van der Waals surface area contributed by atoms with Crippen molar-refractivity contribution in [1.29, 1.82) is 0 Å². The second-order valence-electron chi connectivity index (χ2n) is 10.7. The van der Waals surface area contributed by atoms with Gasteiger partial charge in [0, 0.05) is 25.1 Å². The van der Waals surface area contributed by atoms with Crippen LogP contribution in [0.25, 0.3) is 0 Å². The number of likely N-dealkylation sites (tertiary alicyclic amines) is 1. The van der Waals surface area contributed by atoms with Crippen molar-refractivity contribution in [3.63, 3.8) is 0 Å². The maximum Gasteiger partial charge on any atom is 0.324 e. The van der Waals surface area contributed by atoms with Crippen LogP contribution < -0.4 is 9.64 Å². The zero-order valence-electron chi connectivity index (χ0n) is 20.8. The molecule has 36 heavy (non-hydrogen) atoms. The first-order valence-corrected chi connectivity index (χ1v) is 12.8. The molecular weight excluding hydrogens is 473 g/mol. The van der Waals surface area contributed by atoms with Crippen molar-refractivity contribution in [3.05, 3.63) is 35.4 Å². The summed E-state index contributed by atoms with van der Waals surface area (Å²) in [6.07, 6.45) is 4.13. The van der Waals surface area contributed by atoms with Crippen molar-refractivity contribution in [3.8, 4) is 5.75 Å². The highest BCUT2D eigenvalue weighted by atomic mass is 19.3. The molecule has 3 heterocycles. The van der Waals surface area contributed by atoms with Crippen molar-refractivity contribution < 1.29 is 27.2 Å². The van der Waals surface area contributed by atoms with Crippen LogP contribution in [-0.4, -0.2) is 59.7 Å². The van der Waals surface area contributed by atoms with Gasteiger partial charge in [-0.15, -0.1) is 0 Å². The third kappa shape index (κ3) is 5.62. The van der Waals surface area contributed by atoms with E-state index < -0.39 is 30.7 Å². The molecule has 1 aromatic heterocycles. The number of carbonyl (C=O) groups is 1. The number of hydrogen-bond donors (Lipinski definition) is 0. The standard InChI is InChI=1S/C26H33F3N4O3/c1-16(2)24-30-25(36-31-24)32-8-5-17(6-9-32)21-11-18(21)7-10-35-20-4-3-19(22(27)13-20)12-23(34)33-14-26(28,29)15-33/h3-4,13,16-18,21H,5-12,14-15H2,1-2H3/t18-,21?/m1/s1. The Hall–Kier alpha value is -2.78. The van der Waals surface area contributed by atoms with Gasteiger partial charge in [0.05, 0.1) is 26.1 Å². The molecule has 1 unspecified atom stereocenters. The molecule has 3 aliphatic rings. The molecule has 2 saturated heterocycles. The topological polar surface area (TPSA) is 71.7 Å². The third-order valence-corrected chi connectivity index (χ3v) is 7.66. The molecule has 2 aromatic rings. The molecule has 0 N–H and O–H groups in total. The number of ether oxygens (including phenoxy) is 1. The van der Waals surface area contributed by atoms with Gasteiger partial charge in [0.2, 0.25) is 5.91 Å². The van der Waals surface area contributed by atoms with Gasteiger partial charge in [-0.25, -0.2) is 13.2 Å². The highest BCUT2D eigenvalue weighted by molar-refractivity contribution is 5.79. The Morgan fingerprint density at radius 2 is 2.00 bits per heavy atom. The fraction of sp³-hybridized carbons (Fsp3) is 0.654. The second kappa shape index (κ2) is 9.94. The van der Waals surface area contributed by atoms with E-state index in [-0.39, 0.29) is 17.9 Å². The van der Waals surface area contributed by atoms with Gasteiger partial charge < -0.3 is 19.1 Å². The number of piperidine rings is 1. The minimum Gasteiger partial charge on any atom is -0.493 e. The number of rotatable bonds is 9. The number of aromatic nitrogens is 2. The largest absolute Gasteiger partial charge is 0.493 e. The number of carbonyl (C=O) groups excluding carboxylic acids is 1. The minimum absolute atomic E-state index is 0.192. The number of nitrogens with zero attached hydrogens (tertiary/aromatic N) is 4. The van der Waals surface area contributed by atoms with E-state index in [4.69, 9.17) is 9.26 Å². The van der Waals surface area contributed by atoms with Gasteiger partial charge in [0.1, 0.15) is 11.6 Å². The van der Waals surface area contributed by atoms with Gasteiger partial charge in [0.15, 0.2) is 5.82 Å². The van der Waals surface area contributed by atoms with Gasteiger partial charge in [-0.1, -0.05) is 25.1 Å². The lowest BCUT2D eigenvalue weighted by atomic mass is 9.90. The van der Waals surface area contributed by atoms with E-state index in [9.17, 15) is 18.0 Å². The Morgan fingerprint density at radius 3 is 2.64 bits per heavy atom. The summed E-state index contributed by atoms with van der Waals surface area (Å²) < 4.78 is 51.5. The molecule has 1 aromatic carbocycles. The highest BCUT2D eigenvalue weighted by Gasteiger charge is 2.46. The number of halogens is 3. The molecule has 2 atom stereocenters. The molecule has 3 fully saturated rings.